The average molecular weight is 154 g/mol. The van der Waals surface area contributed by atoms with Crippen LogP contribution in [0.25, 0.3) is 0 Å². The van der Waals surface area contributed by atoms with Crippen molar-refractivity contribution < 1.29 is 5.21 Å². The Morgan fingerprint density at radius 2 is 1.82 bits per heavy atom. The summed E-state index contributed by atoms with van der Waals surface area (Å²) < 4.78 is 0. The zero-order valence-electron chi connectivity index (χ0n) is 7.72. The zero-order chi connectivity index (χ0) is 8.70. The smallest absolute Gasteiger partial charge is 0.0526 e. The molecule has 0 N–H and O–H groups in total. The van der Waals surface area contributed by atoms with Crippen molar-refractivity contribution in [2.75, 3.05) is 6.54 Å². The van der Waals surface area contributed by atoms with E-state index < -0.39 is 0 Å². The van der Waals surface area contributed by atoms with E-state index in [0.717, 1.165) is 5.06 Å². The van der Waals surface area contributed by atoms with E-state index in [1.807, 2.05) is 19.9 Å². The van der Waals surface area contributed by atoms with Crippen molar-refractivity contribution >= 4 is 0 Å². The summed E-state index contributed by atoms with van der Waals surface area (Å²) in [5.74, 6) is 0. The minimum atomic E-state index is -0.276. The number of hydrogen-bond donors (Lipinski definition) is 0. The van der Waals surface area contributed by atoms with Crippen LogP contribution in [0.15, 0.2) is 12.2 Å². The van der Waals surface area contributed by atoms with Crippen molar-refractivity contribution in [3.63, 3.8) is 0 Å². The topological polar surface area (TPSA) is 23.1 Å². The van der Waals surface area contributed by atoms with E-state index in [9.17, 15) is 5.21 Å². The third-order valence-electron chi connectivity index (χ3n) is 3.01. The highest BCUT2D eigenvalue weighted by atomic mass is 16.5. The number of hydrogen-bond acceptors (Lipinski definition) is 1. The lowest BCUT2D eigenvalue weighted by atomic mass is 9.72. The van der Waals surface area contributed by atoms with Gasteiger partial charge in [0.1, 0.15) is 0 Å². The van der Waals surface area contributed by atoms with Gasteiger partial charge < -0.3 is 0 Å². The van der Waals surface area contributed by atoms with Crippen molar-refractivity contribution in [2.45, 2.75) is 33.2 Å². The summed E-state index contributed by atoms with van der Waals surface area (Å²) in [7, 11) is 0. The largest absolute Gasteiger partial charge is 0.145 e. The summed E-state index contributed by atoms with van der Waals surface area (Å²) in [6.45, 7) is 8.69. The van der Waals surface area contributed by atoms with Crippen LogP contribution in [0.3, 0.4) is 0 Å². The fourth-order valence-electron chi connectivity index (χ4n) is 1.20. The Morgan fingerprint density at radius 3 is 2.18 bits per heavy atom. The van der Waals surface area contributed by atoms with Gasteiger partial charge in [-0.2, -0.15) is 0 Å². The molecule has 1 radical (unpaired) electrons. The second kappa shape index (κ2) is 2.32. The molecule has 11 heavy (non-hydrogen) atoms. The molecule has 0 spiro atoms. The molecule has 1 aliphatic rings. The highest BCUT2D eigenvalue weighted by molar-refractivity contribution is 5.11. The standard InChI is InChI=1S/C9H16NO/c1-8(2)6-5-7-10(11)9(8,3)4/h5-6H,7H2,1-4H3. The van der Waals surface area contributed by atoms with Crippen molar-refractivity contribution in [2.24, 2.45) is 5.41 Å². The van der Waals surface area contributed by atoms with E-state index in [2.05, 4.69) is 19.9 Å². The van der Waals surface area contributed by atoms with Gasteiger partial charge in [-0.05, 0) is 13.8 Å². The summed E-state index contributed by atoms with van der Waals surface area (Å²) >= 11 is 0. The van der Waals surface area contributed by atoms with Crippen LogP contribution >= 0.6 is 0 Å². The van der Waals surface area contributed by atoms with Crippen molar-refractivity contribution in [1.82, 2.24) is 5.06 Å². The molecule has 0 aromatic rings. The molecule has 0 fully saturated rings. The second-order valence-electron chi connectivity index (χ2n) is 4.24. The van der Waals surface area contributed by atoms with Crippen molar-refractivity contribution in [1.29, 1.82) is 0 Å². The molecule has 63 valence electrons. The molecular weight excluding hydrogens is 138 g/mol. The quantitative estimate of drug-likeness (QED) is 0.489. The summed E-state index contributed by atoms with van der Waals surface area (Å²) in [5.41, 5.74) is -0.297. The van der Waals surface area contributed by atoms with Crippen molar-refractivity contribution in [3.05, 3.63) is 12.2 Å². The normalized spacial score (nSPS) is 28.8. The molecule has 0 aromatic heterocycles. The fourth-order valence-corrected chi connectivity index (χ4v) is 1.20. The maximum atomic E-state index is 11.4. The summed E-state index contributed by atoms with van der Waals surface area (Å²) in [5, 5.41) is 12.5. The van der Waals surface area contributed by atoms with Gasteiger partial charge in [0.2, 0.25) is 0 Å². The van der Waals surface area contributed by atoms with Gasteiger partial charge in [-0.25, -0.2) is 0 Å². The van der Waals surface area contributed by atoms with E-state index in [1.165, 1.54) is 0 Å². The van der Waals surface area contributed by atoms with Crippen LogP contribution in [0.2, 0.25) is 0 Å². The molecule has 0 saturated heterocycles. The van der Waals surface area contributed by atoms with Crippen molar-refractivity contribution in [3.8, 4) is 0 Å². The van der Waals surface area contributed by atoms with Gasteiger partial charge in [0, 0.05) is 12.0 Å². The van der Waals surface area contributed by atoms with Gasteiger partial charge in [0.05, 0.1) is 5.54 Å². The zero-order valence-corrected chi connectivity index (χ0v) is 7.72. The highest BCUT2D eigenvalue weighted by Gasteiger charge is 2.42. The van der Waals surface area contributed by atoms with Gasteiger partial charge in [-0.3, -0.25) is 0 Å². The van der Waals surface area contributed by atoms with Crippen LogP contribution in [-0.2, 0) is 5.21 Å². The molecule has 0 unspecified atom stereocenters. The number of rotatable bonds is 0. The SMILES string of the molecule is CC1(C)C=CCN([O])C1(C)C. The maximum Gasteiger partial charge on any atom is 0.0526 e. The lowest BCUT2D eigenvalue weighted by Gasteiger charge is -2.45. The van der Waals surface area contributed by atoms with Crippen LogP contribution in [0.4, 0.5) is 0 Å². The minimum absolute atomic E-state index is 0.0208. The first-order valence-corrected chi connectivity index (χ1v) is 4.00. The van der Waals surface area contributed by atoms with Gasteiger partial charge in [-0.15, -0.1) is 10.3 Å². The van der Waals surface area contributed by atoms with Gasteiger partial charge in [0.25, 0.3) is 0 Å². The van der Waals surface area contributed by atoms with Gasteiger partial charge in [0.15, 0.2) is 0 Å². The molecule has 2 heteroatoms. The Hall–Kier alpha value is -0.340. The first-order chi connectivity index (χ1) is 4.88. The number of hydroxylamine groups is 2. The Kier molecular flexibility index (Phi) is 1.85. The first kappa shape index (κ1) is 8.75. The summed E-state index contributed by atoms with van der Waals surface area (Å²) in [6, 6.07) is 0. The van der Waals surface area contributed by atoms with E-state index in [0.29, 0.717) is 6.54 Å². The molecule has 2 nitrogen and oxygen atoms in total. The minimum Gasteiger partial charge on any atom is -0.145 e. The lowest BCUT2D eigenvalue weighted by Crippen LogP contribution is -2.53. The van der Waals surface area contributed by atoms with Gasteiger partial charge >= 0.3 is 0 Å². The molecule has 0 aromatic carbocycles. The van der Waals surface area contributed by atoms with E-state index in [1.54, 1.807) is 0 Å². The Labute approximate surface area is 68.5 Å². The third kappa shape index (κ3) is 1.21. The van der Waals surface area contributed by atoms with Crippen LogP contribution < -0.4 is 0 Å². The Morgan fingerprint density at radius 1 is 1.27 bits per heavy atom. The van der Waals surface area contributed by atoms with E-state index >= 15 is 0 Å². The summed E-state index contributed by atoms with van der Waals surface area (Å²) in [6.07, 6.45) is 4.07. The molecule has 0 aliphatic carbocycles. The molecule has 0 amide bonds. The monoisotopic (exact) mass is 154 g/mol. The van der Waals surface area contributed by atoms with E-state index in [4.69, 9.17) is 0 Å². The van der Waals surface area contributed by atoms with Gasteiger partial charge in [-0.1, -0.05) is 26.0 Å². The molecular formula is C9H16NO. The maximum absolute atomic E-state index is 11.4. The highest BCUT2D eigenvalue weighted by Crippen LogP contribution is 2.38. The fraction of sp³-hybridized carbons (Fsp3) is 0.778. The van der Waals surface area contributed by atoms with E-state index in [-0.39, 0.29) is 11.0 Å². The second-order valence-corrected chi connectivity index (χ2v) is 4.24. The molecule has 1 heterocycles. The third-order valence-corrected chi connectivity index (χ3v) is 3.01. The number of nitrogens with zero attached hydrogens (tertiary/aromatic N) is 1. The predicted octanol–water partition coefficient (Wildman–Crippen LogP) is 2.01. The lowest BCUT2D eigenvalue weighted by molar-refractivity contribution is -0.236. The summed E-state index contributed by atoms with van der Waals surface area (Å²) in [4.78, 5) is 0. The van der Waals surface area contributed by atoms with Crippen LogP contribution in [0.5, 0.6) is 0 Å². The Bertz CT molecular complexity index is 182. The van der Waals surface area contributed by atoms with Crippen LogP contribution in [-0.4, -0.2) is 17.1 Å². The average Bonchev–Trinajstić information content (AvgIpc) is 1.84. The van der Waals surface area contributed by atoms with Crippen LogP contribution in [0, 0.1) is 5.41 Å². The molecule has 1 aliphatic heterocycles. The predicted molar refractivity (Wildman–Crippen MR) is 44.4 cm³/mol. The first-order valence-electron chi connectivity index (χ1n) is 4.00. The molecule has 0 saturated carbocycles. The van der Waals surface area contributed by atoms with Crippen LogP contribution in [0.1, 0.15) is 27.7 Å². The Balaban J connectivity index is 2.97. The molecule has 1 rings (SSSR count). The molecule has 0 atom stereocenters. The molecule has 0 bridgehead atoms.